The quantitative estimate of drug-likeness (QED) is 0.278. The predicted octanol–water partition coefficient (Wildman–Crippen LogP) is 5.12. The van der Waals surface area contributed by atoms with E-state index in [0.29, 0.717) is 18.4 Å². The summed E-state index contributed by atoms with van der Waals surface area (Å²) in [5.41, 5.74) is 4.47. The number of fused-ring (bicyclic) bond motifs is 3. The average Bonchev–Trinajstić information content (AvgIpc) is 3.24. The van der Waals surface area contributed by atoms with Crippen molar-refractivity contribution in [2.45, 2.75) is 84.2 Å². The Balaban J connectivity index is 0.00000294. The molecule has 0 saturated heterocycles. The molecule has 0 N–H and O–H groups in total. The maximum absolute atomic E-state index is 14.5. The van der Waals surface area contributed by atoms with Gasteiger partial charge in [0.15, 0.2) is 12.7 Å². The highest BCUT2D eigenvalue weighted by molar-refractivity contribution is 6.08. The van der Waals surface area contributed by atoms with Crippen molar-refractivity contribution in [2.24, 2.45) is 11.8 Å². The molecule has 3 nitrogen and oxygen atoms in total. The Labute approximate surface area is 236 Å². The van der Waals surface area contributed by atoms with Gasteiger partial charge in [0.1, 0.15) is 17.1 Å². The van der Waals surface area contributed by atoms with Crippen molar-refractivity contribution in [1.82, 2.24) is 4.57 Å². The molecular weight excluding hydrogens is 539 g/mol. The fourth-order valence-corrected chi connectivity index (χ4v) is 6.78. The van der Waals surface area contributed by atoms with Gasteiger partial charge in [-0.2, -0.15) is 4.57 Å². The summed E-state index contributed by atoms with van der Waals surface area (Å²) in [5.74, 6) is 2.25. The summed E-state index contributed by atoms with van der Waals surface area (Å²) in [6, 6.07) is 16.0. The van der Waals surface area contributed by atoms with Crippen molar-refractivity contribution in [3.05, 3.63) is 71.8 Å². The summed E-state index contributed by atoms with van der Waals surface area (Å²) in [6.45, 7) is 4.60. The van der Waals surface area contributed by atoms with Crippen LogP contribution in [0.5, 0.6) is 5.75 Å². The minimum absolute atomic E-state index is 0. The number of nitrogens with zero attached hydrogens (tertiary/aromatic N) is 2. The second-order valence-corrected chi connectivity index (χ2v) is 11.5. The fraction of sp³-hybridized carbons (Fsp3) is 0.485. The number of aromatic nitrogens is 2. The Morgan fingerprint density at radius 2 is 1.58 bits per heavy atom. The molecule has 0 bridgehead atoms. The Morgan fingerprint density at radius 3 is 2.32 bits per heavy atom. The summed E-state index contributed by atoms with van der Waals surface area (Å²) in [6.07, 6.45) is 15.4. The van der Waals surface area contributed by atoms with E-state index < -0.39 is 0 Å². The summed E-state index contributed by atoms with van der Waals surface area (Å²) < 4.78 is 25.6. The van der Waals surface area contributed by atoms with E-state index >= 15 is 0 Å². The molecule has 0 aliphatic heterocycles. The van der Waals surface area contributed by atoms with Crippen LogP contribution in [0.4, 0.5) is 4.39 Å². The lowest BCUT2D eigenvalue weighted by Gasteiger charge is -2.23. The zero-order valence-corrected chi connectivity index (χ0v) is 24.2. The summed E-state index contributed by atoms with van der Waals surface area (Å²) in [5, 5.41) is 2.57. The van der Waals surface area contributed by atoms with Crippen LogP contribution >= 0.6 is 0 Å². The topological polar surface area (TPSA) is 18.0 Å². The molecular formula is C33H40BrFN2O. The molecule has 2 saturated carbocycles. The lowest BCUT2D eigenvalue weighted by molar-refractivity contribution is -0.693. The highest BCUT2D eigenvalue weighted by Gasteiger charge is 2.24. The maximum Gasteiger partial charge on any atom is 0.203 e. The number of halogens is 2. The van der Waals surface area contributed by atoms with E-state index in [4.69, 9.17) is 4.74 Å². The predicted molar refractivity (Wildman–Crippen MR) is 149 cm³/mol. The average molecular weight is 580 g/mol. The van der Waals surface area contributed by atoms with Gasteiger partial charge < -0.3 is 26.3 Å². The van der Waals surface area contributed by atoms with E-state index in [1.807, 2.05) is 12.1 Å². The van der Waals surface area contributed by atoms with Gasteiger partial charge in [-0.1, -0.05) is 50.7 Å². The molecule has 2 aliphatic carbocycles. The van der Waals surface area contributed by atoms with Crippen LogP contribution < -0.4 is 26.3 Å². The lowest BCUT2D eigenvalue weighted by Crippen LogP contribution is -3.00. The van der Waals surface area contributed by atoms with Crippen molar-refractivity contribution in [3.63, 3.8) is 0 Å². The van der Waals surface area contributed by atoms with E-state index in [1.54, 1.807) is 12.1 Å². The third-order valence-corrected chi connectivity index (χ3v) is 8.94. The van der Waals surface area contributed by atoms with Gasteiger partial charge >= 0.3 is 0 Å². The van der Waals surface area contributed by atoms with Crippen molar-refractivity contribution >= 4 is 21.8 Å². The van der Waals surface area contributed by atoms with E-state index in [0.717, 1.165) is 24.5 Å². The van der Waals surface area contributed by atoms with Crippen molar-refractivity contribution in [1.29, 1.82) is 0 Å². The van der Waals surface area contributed by atoms with E-state index in [9.17, 15) is 4.39 Å². The molecule has 0 amide bonds. The number of ether oxygens (including phenoxy) is 1. The van der Waals surface area contributed by atoms with Gasteiger partial charge in [-0.25, -0.2) is 4.39 Å². The van der Waals surface area contributed by atoms with Gasteiger partial charge in [0, 0.05) is 36.4 Å². The first-order valence-electron chi connectivity index (χ1n) is 14.5. The van der Waals surface area contributed by atoms with Crippen LogP contribution in [0.1, 0.15) is 75.5 Å². The minimum Gasteiger partial charge on any atom is -1.00 e. The largest absolute Gasteiger partial charge is 1.00 e. The molecule has 2 aromatic heterocycles. The van der Waals surface area contributed by atoms with Crippen molar-refractivity contribution < 1.29 is 30.7 Å². The van der Waals surface area contributed by atoms with Crippen LogP contribution in [0, 0.1) is 24.6 Å². The smallest absolute Gasteiger partial charge is 0.203 e. The molecule has 202 valence electrons. The standard InChI is InChI=1S/C33H40FN2O.BrH/c1-24-33-30(18-19-35(24)22-27-14-8-9-15-31(27)34)29-17-16-28(37-23-26-12-6-3-7-13-26)20-32(29)36(33)21-25-10-4-2-5-11-25;/h8-9,14-20,25-26H,2-7,10-13,21-23H2,1H3;1H/q+1;/p-1. The monoisotopic (exact) mass is 578 g/mol. The molecule has 0 unspecified atom stereocenters. The summed E-state index contributed by atoms with van der Waals surface area (Å²) >= 11 is 0. The van der Waals surface area contributed by atoms with Crippen molar-refractivity contribution in [2.75, 3.05) is 6.61 Å². The molecule has 2 aromatic carbocycles. The summed E-state index contributed by atoms with van der Waals surface area (Å²) in [4.78, 5) is 0. The molecule has 38 heavy (non-hydrogen) atoms. The number of aryl methyl sites for hydroxylation is 1. The molecule has 2 heterocycles. The first kappa shape index (κ1) is 27.2. The Bertz CT molecular complexity index is 1390. The third kappa shape index (κ3) is 5.64. The second kappa shape index (κ2) is 12.2. The molecule has 2 aliphatic rings. The normalized spacial score (nSPS) is 17.1. The van der Waals surface area contributed by atoms with E-state index in [2.05, 4.69) is 46.5 Å². The number of rotatable bonds is 7. The van der Waals surface area contributed by atoms with Gasteiger partial charge in [-0.3, -0.25) is 0 Å². The van der Waals surface area contributed by atoms with Crippen LogP contribution in [0.3, 0.4) is 0 Å². The van der Waals surface area contributed by atoms with Crippen LogP contribution in [0.25, 0.3) is 21.8 Å². The molecule has 0 spiro atoms. The molecule has 0 radical (unpaired) electrons. The van der Waals surface area contributed by atoms with Gasteiger partial charge in [0.2, 0.25) is 5.69 Å². The Morgan fingerprint density at radius 1 is 0.868 bits per heavy atom. The van der Waals surface area contributed by atoms with Crippen molar-refractivity contribution in [3.8, 4) is 5.75 Å². The molecule has 0 atom stereocenters. The van der Waals surface area contributed by atoms with Gasteiger partial charge in [0.25, 0.3) is 0 Å². The Hall–Kier alpha value is -2.40. The van der Waals surface area contributed by atoms with E-state index in [-0.39, 0.29) is 22.8 Å². The van der Waals surface area contributed by atoms with Crippen LogP contribution in [-0.2, 0) is 13.1 Å². The zero-order valence-electron chi connectivity index (χ0n) is 22.6. The molecule has 6 rings (SSSR count). The Kier molecular flexibility index (Phi) is 8.72. The molecule has 5 heteroatoms. The van der Waals surface area contributed by atoms with Crippen LogP contribution in [-0.4, -0.2) is 11.2 Å². The minimum atomic E-state index is -0.142. The van der Waals surface area contributed by atoms with Crippen LogP contribution in [0.2, 0.25) is 0 Å². The lowest BCUT2D eigenvalue weighted by atomic mass is 9.89. The first-order chi connectivity index (χ1) is 18.2. The number of pyridine rings is 1. The number of hydrogen-bond donors (Lipinski definition) is 0. The molecule has 4 aromatic rings. The third-order valence-electron chi connectivity index (χ3n) is 8.94. The second-order valence-electron chi connectivity index (χ2n) is 11.5. The highest BCUT2D eigenvalue weighted by atomic mass is 79.9. The van der Waals surface area contributed by atoms with Gasteiger partial charge in [0.05, 0.1) is 17.7 Å². The zero-order chi connectivity index (χ0) is 25.2. The van der Waals surface area contributed by atoms with Gasteiger partial charge in [-0.15, -0.1) is 0 Å². The maximum atomic E-state index is 14.5. The first-order valence-corrected chi connectivity index (χ1v) is 14.5. The number of benzene rings is 2. The summed E-state index contributed by atoms with van der Waals surface area (Å²) in [7, 11) is 0. The highest BCUT2D eigenvalue weighted by Crippen LogP contribution is 2.35. The fourth-order valence-electron chi connectivity index (χ4n) is 6.78. The van der Waals surface area contributed by atoms with Gasteiger partial charge in [-0.05, 0) is 61.8 Å². The molecule has 2 fully saturated rings. The van der Waals surface area contributed by atoms with E-state index in [1.165, 1.54) is 91.7 Å². The van der Waals surface area contributed by atoms with Crippen LogP contribution in [0.15, 0.2) is 54.7 Å². The SMILES string of the molecule is Cc1c2c(cc[n+]1Cc1ccccc1F)c1ccc(OCC3CCCCC3)cc1n2CC1CCCCC1.[Br-]. The number of hydrogen-bond acceptors (Lipinski definition) is 1.